The number of ether oxygens (including phenoxy) is 2. The van der Waals surface area contributed by atoms with Crippen LogP contribution < -0.4 is 9.92 Å². The molecule has 1 aliphatic heterocycles. The molecule has 4 heteroatoms. The third-order valence-corrected chi connectivity index (χ3v) is 11.2. The molecule has 1 heterocycles. The van der Waals surface area contributed by atoms with Gasteiger partial charge in [-0.1, -0.05) is 80.7 Å². The fourth-order valence-corrected chi connectivity index (χ4v) is 8.80. The number of fused-ring (bicyclic) bond motifs is 1. The maximum absolute atomic E-state index is 6.36. The summed E-state index contributed by atoms with van der Waals surface area (Å²) in [4.78, 5) is 5.14. The molecule has 0 unspecified atom stereocenters. The second-order valence-corrected chi connectivity index (χ2v) is 14.3. The van der Waals surface area contributed by atoms with Crippen LogP contribution in [0.5, 0.6) is 5.75 Å². The van der Waals surface area contributed by atoms with E-state index in [1.165, 1.54) is 16.3 Å². The number of allylic oxidation sites excluding steroid dienone is 1. The molecule has 0 saturated heterocycles. The largest absolute Gasteiger partial charge is 0.497 e. The predicted molar refractivity (Wildman–Crippen MR) is 129 cm³/mol. The summed E-state index contributed by atoms with van der Waals surface area (Å²) in [6, 6.07) is 17.6. The van der Waals surface area contributed by atoms with E-state index in [-0.39, 0.29) is 11.5 Å². The van der Waals surface area contributed by atoms with E-state index in [0.717, 1.165) is 11.6 Å². The van der Waals surface area contributed by atoms with Crippen molar-refractivity contribution in [3.05, 3.63) is 65.7 Å². The zero-order chi connectivity index (χ0) is 21.5. The number of benzene rings is 2. The number of nitrogens with zero attached hydrogens (tertiary/aromatic N) is 1. The molecule has 0 fully saturated rings. The third kappa shape index (κ3) is 3.31. The fourth-order valence-electron chi connectivity index (χ4n) is 5.09. The molecule has 0 bridgehead atoms. The van der Waals surface area contributed by atoms with Gasteiger partial charge in [0.05, 0.1) is 26.6 Å². The van der Waals surface area contributed by atoms with Crippen molar-refractivity contribution in [2.75, 3.05) is 13.7 Å². The Kier molecular flexibility index (Phi) is 5.39. The Balaban J connectivity index is 1.91. The molecule has 2 aliphatic rings. The lowest BCUT2D eigenvalue weighted by Crippen LogP contribution is -2.55. The summed E-state index contributed by atoms with van der Waals surface area (Å²) in [5.74, 6) is 2.24. The second-order valence-electron chi connectivity index (χ2n) is 9.64. The van der Waals surface area contributed by atoms with E-state index in [4.69, 9.17) is 14.5 Å². The summed E-state index contributed by atoms with van der Waals surface area (Å²) in [5.41, 5.74) is 2.48. The quantitative estimate of drug-likeness (QED) is 0.606. The number of aliphatic imine (C=N–C) groups is 1. The molecule has 1 aliphatic carbocycles. The van der Waals surface area contributed by atoms with Crippen molar-refractivity contribution in [1.29, 1.82) is 0 Å². The lowest BCUT2D eigenvalue weighted by molar-refractivity contribution is 0.271. The second kappa shape index (κ2) is 7.73. The molecule has 0 radical (unpaired) electrons. The summed E-state index contributed by atoms with van der Waals surface area (Å²) < 4.78 is 12.0. The van der Waals surface area contributed by atoms with Crippen LogP contribution in [0.4, 0.5) is 0 Å². The van der Waals surface area contributed by atoms with E-state index in [1.54, 1.807) is 7.11 Å². The summed E-state index contributed by atoms with van der Waals surface area (Å²) in [7, 11) is -0.183. The number of methoxy groups -OCH3 is 1. The molecule has 3 atom stereocenters. The molecule has 2 aromatic rings. The van der Waals surface area contributed by atoms with Gasteiger partial charge in [-0.05, 0) is 41.6 Å². The summed E-state index contributed by atoms with van der Waals surface area (Å²) >= 11 is 0. The van der Waals surface area contributed by atoms with Crippen LogP contribution in [0.2, 0.25) is 18.6 Å². The van der Waals surface area contributed by atoms with E-state index in [2.05, 4.69) is 88.5 Å². The van der Waals surface area contributed by atoms with Crippen molar-refractivity contribution in [2.45, 2.75) is 50.9 Å². The number of hydrogen-bond donors (Lipinski definition) is 0. The molecule has 3 nitrogen and oxygen atoms in total. The van der Waals surface area contributed by atoms with Crippen LogP contribution in [-0.2, 0) is 10.2 Å². The van der Waals surface area contributed by atoms with Gasteiger partial charge < -0.3 is 9.47 Å². The molecular formula is C26H33NO2Si. The van der Waals surface area contributed by atoms with Gasteiger partial charge in [0.25, 0.3) is 0 Å². The zero-order valence-electron chi connectivity index (χ0n) is 19.0. The molecule has 0 saturated carbocycles. The lowest BCUT2D eigenvalue weighted by atomic mass is 9.73. The van der Waals surface area contributed by atoms with Crippen LogP contribution in [0.1, 0.15) is 31.9 Å². The standard InChI is InChI=1S/C26H33NO2Si/c1-18(2)23-17-29-25(27-23)26(3)22-16-20(28-4)14-12-19(22)13-15-24(26)30(5,6)21-10-8-7-9-11-21/h7-16,18,23-24H,17H2,1-6H3/t23-,24+,26-/m1/s1. The molecule has 0 amide bonds. The molecule has 158 valence electrons. The van der Waals surface area contributed by atoms with Gasteiger partial charge >= 0.3 is 0 Å². The first-order valence-corrected chi connectivity index (χ1v) is 14.0. The van der Waals surface area contributed by atoms with Gasteiger partial charge in [0.1, 0.15) is 12.4 Å². The number of hydrogen-bond acceptors (Lipinski definition) is 3. The SMILES string of the molecule is COc1ccc2c(c1)[C@@](C)(C1=N[C@@H](C(C)C)CO1)[C@@H]([Si](C)(C)c1ccccc1)C=C2. The van der Waals surface area contributed by atoms with E-state index >= 15 is 0 Å². The minimum absolute atomic E-state index is 0.221. The molecule has 0 N–H and O–H groups in total. The van der Waals surface area contributed by atoms with E-state index in [1.807, 2.05) is 6.07 Å². The van der Waals surface area contributed by atoms with Gasteiger partial charge in [0.2, 0.25) is 0 Å². The smallest absolute Gasteiger partial charge is 0.194 e. The molecular weight excluding hydrogens is 386 g/mol. The average molecular weight is 420 g/mol. The highest BCUT2D eigenvalue weighted by atomic mass is 28.3. The van der Waals surface area contributed by atoms with Crippen LogP contribution in [0, 0.1) is 5.92 Å². The van der Waals surface area contributed by atoms with Gasteiger partial charge in [-0.3, -0.25) is 0 Å². The highest BCUT2D eigenvalue weighted by molar-refractivity contribution is 6.91. The number of rotatable bonds is 5. The van der Waals surface area contributed by atoms with Crippen LogP contribution in [0.3, 0.4) is 0 Å². The zero-order valence-corrected chi connectivity index (χ0v) is 20.0. The Hall–Kier alpha value is -2.33. The first kappa shape index (κ1) is 20.9. The Labute approximate surface area is 181 Å². The highest BCUT2D eigenvalue weighted by Gasteiger charge is 2.53. The maximum Gasteiger partial charge on any atom is 0.194 e. The summed E-state index contributed by atoms with van der Waals surface area (Å²) in [6.45, 7) is 12.4. The van der Waals surface area contributed by atoms with Crippen LogP contribution >= 0.6 is 0 Å². The Morgan fingerprint density at radius 2 is 1.87 bits per heavy atom. The van der Waals surface area contributed by atoms with Crippen LogP contribution in [0.15, 0.2) is 59.6 Å². The summed E-state index contributed by atoms with van der Waals surface area (Å²) in [5, 5.41) is 1.45. The molecule has 4 rings (SSSR count). The van der Waals surface area contributed by atoms with Gasteiger partial charge in [0, 0.05) is 0 Å². The monoisotopic (exact) mass is 419 g/mol. The van der Waals surface area contributed by atoms with Crippen molar-refractivity contribution in [3.63, 3.8) is 0 Å². The Bertz CT molecular complexity index is 980. The first-order chi connectivity index (χ1) is 14.3. The average Bonchev–Trinajstić information content (AvgIpc) is 3.25. The van der Waals surface area contributed by atoms with Crippen molar-refractivity contribution < 1.29 is 9.47 Å². The molecule has 0 aromatic heterocycles. The lowest BCUT2D eigenvalue weighted by Gasteiger charge is -2.46. The van der Waals surface area contributed by atoms with Crippen molar-refractivity contribution in [3.8, 4) is 5.75 Å². The summed E-state index contributed by atoms with van der Waals surface area (Å²) in [6.07, 6.45) is 4.71. The van der Waals surface area contributed by atoms with Crippen molar-refractivity contribution in [1.82, 2.24) is 0 Å². The van der Waals surface area contributed by atoms with Crippen molar-refractivity contribution >= 4 is 25.2 Å². The molecule has 2 aromatic carbocycles. The molecule has 30 heavy (non-hydrogen) atoms. The van der Waals surface area contributed by atoms with Gasteiger partial charge in [-0.2, -0.15) is 0 Å². The maximum atomic E-state index is 6.36. The topological polar surface area (TPSA) is 30.8 Å². The molecule has 0 spiro atoms. The van der Waals surface area contributed by atoms with Gasteiger partial charge in [-0.15, -0.1) is 0 Å². The van der Waals surface area contributed by atoms with E-state index < -0.39 is 8.07 Å². The Morgan fingerprint density at radius 3 is 2.50 bits per heavy atom. The normalized spacial score (nSPS) is 25.6. The Morgan fingerprint density at radius 1 is 1.13 bits per heavy atom. The third-order valence-electron chi connectivity index (χ3n) is 7.09. The highest BCUT2D eigenvalue weighted by Crippen LogP contribution is 2.51. The van der Waals surface area contributed by atoms with E-state index in [0.29, 0.717) is 18.1 Å². The predicted octanol–water partition coefficient (Wildman–Crippen LogP) is 5.42. The van der Waals surface area contributed by atoms with Crippen LogP contribution in [0.25, 0.3) is 6.08 Å². The van der Waals surface area contributed by atoms with Gasteiger partial charge in [0.15, 0.2) is 5.90 Å². The van der Waals surface area contributed by atoms with Crippen molar-refractivity contribution in [2.24, 2.45) is 10.9 Å². The van der Waals surface area contributed by atoms with Crippen LogP contribution in [-0.4, -0.2) is 33.7 Å². The van der Waals surface area contributed by atoms with E-state index in [9.17, 15) is 0 Å². The first-order valence-electron chi connectivity index (χ1n) is 10.9. The minimum atomic E-state index is -1.92. The minimum Gasteiger partial charge on any atom is -0.497 e. The fraction of sp³-hybridized carbons (Fsp3) is 0.423. The van der Waals surface area contributed by atoms with Gasteiger partial charge in [-0.25, -0.2) is 4.99 Å².